The number of aromatic nitrogens is 1. The number of hydrogen-bond acceptors (Lipinski definition) is 12. The van der Waals surface area contributed by atoms with E-state index in [2.05, 4.69) is 63.4 Å². The molecule has 1 aliphatic heterocycles. The standard InChI is InChI=1S/C51H65Br2ClN10O10.CH3/c1-35(2)46(62-43(66)19-26-71-28-30-73-31-29-72-27-24-64-48(68)44(52)45(53)49(64)69)42(65)32-37(8-7-21-57-50(56)70)47(67)60-39-13-9-36(10-14-39)33-63-22-17-40(18-23-63)61-51(59-34-55)58-20-5-3-4-6-25-74-41-15-11-38(54)12-16-41;/h9-18,22-23,35,37,46H,3-8,19-21,24-33H2,1-2H3,(H6,56,57,58,59,60,62,66,67,70);1H3/q;-1/p+1/t37-,46+;/m1./s1. The average Bonchev–Trinajstić information content (AvgIpc) is 3.55. The Hall–Kier alpha value is -5.96. The summed E-state index contributed by atoms with van der Waals surface area (Å²) in [5.74, 6) is -1.80. The summed E-state index contributed by atoms with van der Waals surface area (Å²) < 4.78 is 24.6. The minimum absolute atomic E-state index is 0. The molecule has 0 saturated carbocycles. The van der Waals surface area contributed by atoms with Gasteiger partial charge in [-0.3, -0.25) is 39.2 Å². The summed E-state index contributed by atoms with van der Waals surface area (Å²) in [5, 5.41) is 24.0. The smallest absolute Gasteiger partial charge is 0.312 e. The lowest BCUT2D eigenvalue weighted by atomic mass is 9.89. The van der Waals surface area contributed by atoms with Crippen molar-refractivity contribution in [2.24, 2.45) is 22.6 Å². The molecule has 23 heteroatoms. The predicted molar refractivity (Wildman–Crippen MR) is 293 cm³/mol. The molecule has 4 rings (SSSR count). The molecule has 2 aromatic carbocycles. The van der Waals surface area contributed by atoms with Crippen LogP contribution in [0.5, 0.6) is 5.75 Å². The lowest BCUT2D eigenvalue weighted by Gasteiger charge is -2.24. The van der Waals surface area contributed by atoms with E-state index in [4.69, 9.17) is 36.3 Å². The Bertz CT molecular complexity index is 2380. The molecule has 6 amide bonds. The summed E-state index contributed by atoms with van der Waals surface area (Å²) in [4.78, 5) is 81.4. The van der Waals surface area contributed by atoms with Gasteiger partial charge in [-0.15, -0.1) is 0 Å². The Morgan fingerprint density at radius 2 is 1.41 bits per heavy atom. The van der Waals surface area contributed by atoms with Gasteiger partial charge in [0.25, 0.3) is 11.8 Å². The fourth-order valence-electron chi connectivity index (χ4n) is 7.28. The Morgan fingerprint density at radius 1 is 0.800 bits per heavy atom. The fraction of sp³-hybridized carbons (Fsp3) is 0.462. The molecule has 20 nitrogen and oxygen atoms in total. The topological polar surface area (TPSA) is 269 Å². The van der Waals surface area contributed by atoms with Gasteiger partial charge in [0.1, 0.15) is 14.7 Å². The molecule has 408 valence electrons. The summed E-state index contributed by atoms with van der Waals surface area (Å²) in [5.41, 5.74) is 7.48. The molecule has 0 saturated heterocycles. The molecule has 0 bridgehead atoms. The Labute approximate surface area is 461 Å². The molecule has 7 N–H and O–H groups in total. The van der Waals surface area contributed by atoms with Crippen molar-refractivity contribution in [2.45, 2.75) is 77.8 Å². The van der Waals surface area contributed by atoms with E-state index in [9.17, 15) is 34.0 Å². The van der Waals surface area contributed by atoms with Crippen molar-refractivity contribution >= 4 is 96.2 Å². The average molecular weight is 1190 g/mol. The normalized spacial score (nSPS) is 13.2. The number of carbonyl (C=O) groups excluding carboxylic acids is 6. The molecule has 2 atom stereocenters. The number of nitriles is 1. The SMILES string of the molecule is CC(C)[C@H](NC(=O)CCOCCOCCOCCN1C(=O)C(Br)=C(Br)C1=O)C(=O)C[C@@H](CCCNC(N)=O)C(=O)Nc1ccc(C[n+]2ccc(NC(=NCCCCCCOc3ccc(Cl)cc3)NC#N)cc2)cc1.[CH3-]. The molecule has 0 spiro atoms. The van der Waals surface area contributed by atoms with Gasteiger partial charge in [-0.05, 0) is 106 Å². The zero-order valence-corrected chi connectivity index (χ0v) is 46.6. The van der Waals surface area contributed by atoms with Crippen LogP contribution in [-0.2, 0) is 44.7 Å². The van der Waals surface area contributed by atoms with Gasteiger partial charge in [0.05, 0.1) is 64.5 Å². The number of primary amides is 1. The van der Waals surface area contributed by atoms with Crippen molar-refractivity contribution in [1.29, 1.82) is 5.26 Å². The lowest BCUT2D eigenvalue weighted by molar-refractivity contribution is -0.688. The first-order valence-electron chi connectivity index (χ1n) is 24.4. The minimum Gasteiger partial charge on any atom is -0.494 e. The first-order chi connectivity index (χ1) is 35.6. The van der Waals surface area contributed by atoms with E-state index in [1.165, 1.54) is 0 Å². The molecule has 75 heavy (non-hydrogen) atoms. The lowest BCUT2D eigenvalue weighted by Crippen LogP contribution is -2.45. The second kappa shape index (κ2) is 35.3. The number of imide groups is 1. The quantitative estimate of drug-likeness (QED) is 0.00544. The van der Waals surface area contributed by atoms with Crippen LogP contribution in [-0.4, -0.2) is 118 Å². The summed E-state index contributed by atoms with van der Waals surface area (Å²) in [6.45, 7) is 6.86. The molecule has 3 aromatic rings. The monoisotopic (exact) mass is 1190 g/mol. The molecular weight excluding hydrogens is 1120 g/mol. The van der Waals surface area contributed by atoms with Crippen LogP contribution in [0.25, 0.3) is 0 Å². The number of halogens is 3. The van der Waals surface area contributed by atoms with Crippen LogP contribution in [0.4, 0.5) is 16.2 Å². The number of aliphatic imine (C=N–C) groups is 1. The van der Waals surface area contributed by atoms with Crippen LogP contribution in [0.2, 0.25) is 5.02 Å². The predicted octanol–water partition coefficient (Wildman–Crippen LogP) is 6.52. The zero-order chi connectivity index (χ0) is 53.7. The van der Waals surface area contributed by atoms with Gasteiger partial charge in [0.15, 0.2) is 30.9 Å². The number of amides is 6. The third-order valence-electron chi connectivity index (χ3n) is 11.2. The number of guanidine groups is 1. The first kappa shape index (κ1) is 63.3. The molecule has 0 unspecified atom stereocenters. The molecule has 1 aromatic heterocycles. The van der Waals surface area contributed by atoms with Crippen molar-refractivity contribution in [2.75, 3.05) is 76.5 Å². The van der Waals surface area contributed by atoms with Gasteiger partial charge in [-0.25, -0.2) is 9.36 Å². The highest BCUT2D eigenvalue weighted by Crippen LogP contribution is 2.29. The third-order valence-corrected chi connectivity index (χ3v) is 13.5. The molecule has 0 aliphatic carbocycles. The number of Topliss-reactive ketones (excluding diaryl/α,β-unsaturated/α-hetero) is 1. The number of nitrogens with zero attached hydrogens (tertiary/aromatic N) is 4. The molecule has 0 radical (unpaired) electrons. The number of nitrogens with two attached hydrogens (primary N) is 1. The van der Waals surface area contributed by atoms with Crippen molar-refractivity contribution < 1.29 is 52.3 Å². The molecular formula is C52H69Br2ClN10O10. The fourth-order valence-corrected chi connectivity index (χ4v) is 8.17. The van der Waals surface area contributed by atoms with Gasteiger partial charge >= 0.3 is 6.03 Å². The van der Waals surface area contributed by atoms with Gasteiger partial charge in [0, 0.05) is 60.3 Å². The summed E-state index contributed by atoms with van der Waals surface area (Å²) in [6, 6.07) is 16.9. The van der Waals surface area contributed by atoms with E-state index < -0.39 is 29.8 Å². The highest BCUT2D eigenvalue weighted by molar-refractivity contribution is 9.14. The number of ketones is 1. The van der Waals surface area contributed by atoms with Gasteiger partial charge < -0.3 is 53.4 Å². The molecule has 1 aliphatic rings. The number of urea groups is 1. The van der Waals surface area contributed by atoms with Crippen LogP contribution >= 0.6 is 43.5 Å². The summed E-state index contributed by atoms with van der Waals surface area (Å²) in [6.07, 6.45) is 9.99. The van der Waals surface area contributed by atoms with Crippen LogP contribution < -0.4 is 41.6 Å². The largest absolute Gasteiger partial charge is 0.494 e. The van der Waals surface area contributed by atoms with Crippen LogP contribution in [0.15, 0.2) is 87.0 Å². The maximum Gasteiger partial charge on any atom is 0.312 e. The number of hydrogen-bond donors (Lipinski definition) is 6. The number of ether oxygens (including phenoxy) is 4. The Balaban J connectivity index is 0.0000148. The van der Waals surface area contributed by atoms with Gasteiger partial charge in [-0.2, -0.15) is 5.26 Å². The first-order valence-corrected chi connectivity index (χ1v) is 26.4. The highest BCUT2D eigenvalue weighted by Gasteiger charge is 2.35. The second-order valence-corrected chi connectivity index (χ2v) is 19.3. The Kier molecular flexibility index (Phi) is 29.8. The molecule has 2 heterocycles. The van der Waals surface area contributed by atoms with E-state index in [0.29, 0.717) is 42.8 Å². The number of unbranched alkanes of at least 4 members (excludes halogenated alkanes) is 3. The number of anilines is 2. The second-order valence-electron chi connectivity index (χ2n) is 17.3. The van der Waals surface area contributed by atoms with Crippen molar-refractivity contribution in [3.8, 4) is 11.9 Å². The highest BCUT2D eigenvalue weighted by atomic mass is 79.9. The van der Waals surface area contributed by atoms with E-state index in [1.807, 2.05) is 73.4 Å². The number of carbonyl (C=O) groups is 6. The maximum atomic E-state index is 13.7. The third kappa shape index (κ3) is 24.1. The van der Waals surface area contributed by atoms with Crippen LogP contribution in [0, 0.1) is 30.7 Å². The zero-order valence-electron chi connectivity index (χ0n) is 42.7. The molecule has 0 fully saturated rings. The van der Waals surface area contributed by atoms with Crippen molar-refractivity contribution in [1.82, 2.24) is 20.9 Å². The summed E-state index contributed by atoms with van der Waals surface area (Å²) >= 11 is 12.1. The maximum absolute atomic E-state index is 13.7. The number of rotatable bonds is 34. The van der Waals surface area contributed by atoms with E-state index in [1.54, 1.807) is 24.3 Å². The van der Waals surface area contributed by atoms with E-state index in [0.717, 1.165) is 47.6 Å². The van der Waals surface area contributed by atoms with Gasteiger partial charge in [0.2, 0.25) is 17.8 Å². The van der Waals surface area contributed by atoms with E-state index in [-0.39, 0.29) is 112 Å². The van der Waals surface area contributed by atoms with Crippen molar-refractivity contribution in [3.63, 3.8) is 0 Å². The number of pyridine rings is 1. The van der Waals surface area contributed by atoms with Gasteiger partial charge in [-0.1, -0.05) is 44.0 Å². The summed E-state index contributed by atoms with van der Waals surface area (Å²) in [7, 11) is 0. The minimum atomic E-state index is -0.851. The number of benzene rings is 2. The number of nitrogens with one attached hydrogen (secondary N) is 5. The van der Waals surface area contributed by atoms with Crippen LogP contribution in [0.3, 0.4) is 0 Å². The van der Waals surface area contributed by atoms with Crippen LogP contribution in [0.1, 0.15) is 70.8 Å². The van der Waals surface area contributed by atoms with E-state index >= 15 is 0 Å². The Morgan fingerprint density at radius 3 is 2.04 bits per heavy atom. The van der Waals surface area contributed by atoms with Crippen molar-refractivity contribution in [3.05, 3.63) is 100 Å².